The first kappa shape index (κ1) is 26.8. The van der Waals surface area contributed by atoms with Gasteiger partial charge in [0, 0.05) is 36.8 Å². The van der Waals surface area contributed by atoms with Crippen LogP contribution in [0.3, 0.4) is 0 Å². The fraction of sp³-hybridized carbons (Fsp3) is 0.538. The molecule has 0 radical (unpaired) electrons. The van der Waals surface area contributed by atoms with Crippen LogP contribution in [0, 0.1) is 0 Å². The zero-order valence-electron chi connectivity index (χ0n) is 20.2. The number of rotatable bonds is 17. The highest BCUT2D eigenvalue weighted by Gasteiger charge is 2.12. The Hall–Kier alpha value is -2.41. The molecule has 0 aromatic heterocycles. The van der Waals surface area contributed by atoms with E-state index < -0.39 is 0 Å². The summed E-state index contributed by atoms with van der Waals surface area (Å²) < 4.78 is 11.4. The van der Waals surface area contributed by atoms with Gasteiger partial charge in [0.2, 0.25) is 0 Å². The number of benzene rings is 2. The fourth-order valence-corrected chi connectivity index (χ4v) is 3.75. The average Bonchev–Trinajstić information content (AvgIpc) is 2.84. The summed E-state index contributed by atoms with van der Waals surface area (Å²) in [6.07, 6.45) is 4.32. The largest absolute Gasteiger partial charge is 0.349 e. The van der Waals surface area contributed by atoms with E-state index in [2.05, 4.69) is 51.3 Å². The molecule has 0 aliphatic carbocycles. The van der Waals surface area contributed by atoms with Gasteiger partial charge in [-0.25, -0.2) is 0 Å². The highest BCUT2D eigenvalue weighted by Crippen LogP contribution is 2.21. The molecule has 0 atom stereocenters. The smallest absolute Gasteiger partial charge is 0.183 e. The quantitative estimate of drug-likeness (QED) is 0.103. The Morgan fingerprint density at radius 3 is 1.94 bits per heavy atom. The molecule has 0 unspecified atom stereocenters. The normalized spacial score (nSPS) is 11.2. The molecule has 7 heteroatoms. The molecule has 7 nitrogen and oxygen atoms in total. The molecule has 0 saturated carbocycles. The van der Waals surface area contributed by atoms with Crippen LogP contribution >= 0.6 is 0 Å². The van der Waals surface area contributed by atoms with Crippen LogP contribution in [0.1, 0.15) is 68.1 Å². The van der Waals surface area contributed by atoms with E-state index in [-0.39, 0.29) is 6.29 Å². The molecule has 0 bridgehead atoms. The fourth-order valence-electron chi connectivity index (χ4n) is 3.75. The maximum Gasteiger partial charge on any atom is 0.183 e. The SMILES string of the molecule is CCOC(OCC)c1ccc(CN(CCCCCCN)Cc2ccc(CN=[N+]=[N-])cc2)cc1. The lowest BCUT2D eigenvalue weighted by atomic mass is 10.1. The van der Waals surface area contributed by atoms with Crippen molar-refractivity contribution in [3.05, 3.63) is 81.2 Å². The summed E-state index contributed by atoms with van der Waals surface area (Å²) in [4.78, 5) is 5.32. The van der Waals surface area contributed by atoms with Crippen molar-refractivity contribution in [2.45, 2.75) is 65.5 Å². The third-order valence-corrected chi connectivity index (χ3v) is 5.47. The van der Waals surface area contributed by atoms with Crippen LogP contribution in [0.4, 0.5) is 0 Å². The second-order valence-corrected chi connectivity index (χ2v) is 8.10. The Morgan fingerprint density at radius 1 is 0.848 bits per heavy atom. The van der Waals surface area contributed by atoms with Gasteiger partial charge in [-0.1, -0.05) is 66.5 Å². The Balaban J connectivity index is 2.03. The number of nitrogens with two attached hydrogens (primary N) is 1. The number of unbranched alkanes of at least 4 members (excludes halogenated alkanes) is 3. The van der Waals surface area contributed by atoms with Gasteiger partial charge < -0.3 is 15.2 Å². The lowest BCUT2D eigenvalue weighted by molar-refractivity contribution is -0.140. The van der Waals surface area contributed by atoms with Gasteiger partial charge in [-0.3, -0.25) is 4.90 Å². The van der Waals surface area contributed by atoms with E-state index in [4.69, 9.17) is 20.7 Å². The minimum Gasteiger partial charge on any atom is -0.349 e. The van der Waals surface area contributed by atoms with E-state index in [1.807, 2.05) is 26.0 Å². The molecule has 0 aliphatic rings. The Morgan fingerprint density at radius 2 is 1.39 bits per heavy atom. The maximum absolute atomic E-state index is 8.51. The first-order chi connectivity index (χ1) is 16.2. The lowest BCUT2D eigenvalue weighted by Gasteiger charge is -2.23. The van der Waals surface area contributed by atoms with Crippen molar-refractivity contribution in [3.8, 4) is 0 Å². The molecule has 2 N–H and O–H groups in total. The van der Waals surface area contributed by atoms with Crippen molar-refractivity contribution in [1.29, 1.82) is 0 Å². The molecule has 0 fully saturated rings. The van der Waals surface area contributed by atoms with Gasteiger partial charge in [0.05, 0.1) is 6.54 Å². The van der Waals surface area contributed by atoms with Crippen LogP contribution in [0.2, 0.25) is 0 Å². The van der Waals surface area contributed by atoms with E-state index in [9.17, 15) is 0 Å². The first-order valence-corrected chi connectivity index (χ1v) is 12.0. The minimum atomic E-state index is -0.309. The van der Waals surface area contributed by atoms with Gasteiger partial charge in [-0.05, 0) is 62.0 Å². The van der Waals surface area contributed by atoms with Crippen LogP contribution in [-0.4, -0.2) is 31.2 Å². The van der Waals surface area contributed by atoms with Gasteiger partial charge >= 0.3 is 0 Å². The van der Waals surface area contributed by atoms with E-state index in [0.717, 1.165) is 50.1 Å². The number of hydrogen-bond acceptors (Lipinski definition) is 5. The summed E-state index contributed by atoms with van der Waals surface area (Å²) in [5, 5.41) is 3.64. The zero-order chi connectivity index (χ0) is 23.7. The van der Waals surface area contributed by atoms with Crippen LogP contribution in [-0.2, 0) is 29.1 Å². The standard InChI is InChI=1S/C26H39N5O2/c1-3-32-26(33-4-2)25-15-13-24(14-16-25)21-31(18-8-6-5-7-17-27)20-23-11-9-22(10-12-23)19-29-30-28/h9-16,26H,3-8,17-21,27H2,1-2H3. The molecule has 0 heterocycles. The van der Waals surface area contributed by atoms with E-state index in [0.29, 0.717) is 19.8 Å². The van der Waals surface area contributed by atoms with Gasteiger partial charge in [-0.15, -0.1) is 0 Å². The molecule has 2 rings (SSSR count). The number of hydrogen-bond donors (Lipinski definition) is 1. The van der Waals surface area contributed by atoms with E-state index >= 15 is 0 Å². The van der Waals surface area contributed by atoms with Crippen molar-refractivity contribution >= 4 is 0 Å². The Labute approximate surface area is 198 Å². The summed E-state index contributed by atoms with van der Waals surface area (Å²) in [6.45, 7) is 9.14. The molecule has 0 aliphatic heterocycles. The molecule has 180 valence electrons. The molecule has 33 heavy (non-hydrogen) atoms. The highest BCUT2D eigenvalue weighted by molar-refractivity contribution is 5.25. The maximum atomic E-state index is 8.51. The summed E-state index contributed by atoms with van der Waals surface area (Å²) in [6, 6.07) is 16.9. The zero-order valence-corrected chi connectivity index (χ0v) is 20.2. The van der Waals surface area contributed by atoms with Gasteiger partial charge in [0.15, 0.2) is 6.29 Å². The number of ether oxygens (including phenoxy) is 2. The number of nitrogens with zero attached hydrogens (tertiary/aromatic N) is 4. The van der Waals surface area contributed by atoms with Crippen LogP contribution in [0.15, 0.2) is 53.6 Å². The molecule has 0 saturated heterocycles. The molecule has 0 amide bonds. The Kier molecular flexibility index (Phi) is 13.2. The van der Waals surface area contributed by atoms with Crippen molar-refractivity contribution in [3.63, 3.8) is 0 Å². The molecular weight excluding hydrogens is 414 g/mol. The summed E-state index contributed by atoms with van der Waals surface area (Å²) in [7, 11) is 0. The third kappa shape index (κ3) is 10.4. The van der Waals surface area contributed by atoms with Crippen LogP contribution < -0.4 is 5.73 Å². The average molecular weight is 454 g/mol. The van der Waals surface area contributed by atoms with E-state index in [1.54, 1.807) is 0 Å². The molecule has 0 spiro atoms. The van der Waals surface area contributed by atoms with Gasteiger partial charge in [0.25, 0.3) is 0 Å². The molecule has 2 aromatic carbocycles. The monoisotopic (exact) mass is 453 g/mol. The van der Waals surface area contributed by atoms with Crippen molar-refractivity contribution < 1.29 is 9.47 Å². The minimum absolute atomic E-state index is 0.309. The topological polar surface area (TPSA) is 96.5 Å². The first-order valence-electron chi connectivity index (χ1n) is 12.0. The van der Waals surface area contributed by atoms with Crippen molar-refractivity contribution in [2.24, 2.45) is 10.8 Å². The summed E-state index contributed by atoms with van der Waals surface area (Å²) >= 11 is 0. The number of azide groups is 1. The van der Waals surface area contributed by atoms with E-state index in [1.165, 1.54) is 24.0 Å². The van der Waals surface area contributed by atoms with Crippen LogP contribution in [0.25, 0.3) is 10.4 Å². The summed E-state index contributed by atoms with van der Waals surface area (Å²) in [5.74, 6) is 0. The second-order valence-electron chi connectivity index (χ2n) is 8.10. The third-order valence-electron chi connectivity index (χ3n) is 5.47. The Bertz CT molecular complexity index is 814. The van der Waals surface area contributed by atoms with Gasteiger partial charge in [0.1, 0.15) is 0 Å². The van der Waals surface area contributed by atoms with Gasteiger partial charge in [-0.2, -0.15) is 0 Å². The molecular formula is C26H39N5O2. The predicted molar refractivity (Wildman–Crippen MR) is 133 cm³/mol. The summed E-state index contributed by atoms with van der Waals surface area (Å²) in [5.41, 5.74) is 18.7. The van der Waals surface area contributed by atoms with Crippen LogP contribution in [0.5, 0.6) is 0 Å². The molecule has 2 aromatic rings. The van der Waals surface area contributed by atoms with Crippen molar-refractivity contribution in [1.82, 2.24) is 4.90 Å². The second kappa shape index (κ2) is 16.2. The predicted octanol–water partition coefficient (Wildman–Crippen LogP) is 6.09. The highest BCUT2D eigenvalue weighted by atomic mass is 16.7. The van der Waals surface area contributed by atoms with Crippen molar-refractivity contribution in [2.75, 3.05) is 26.3 Å². The lowest BCUT2D eigenvalue weighted by Crippen LogP contribution is -2.24.